The van der Waals surface area contributed by atoms with Crippen LogP contribution >= 0.6 is 0 Å². The van der Waals surface area contributed by atoms with Crippen molar-refractivity contribution in [3.05, 3.63) is 0 Å². The summed E-state index contributed by atoms with van der Waals surface area (Å²) >= 11 is 0. The molecule has 3 N–H and O–H groups in total. The minimum Gasteiger partial charge on any atom is -0.480 e. The van der Waals surface area contributed by atoms with Gasteiger partial charge in [0.1, 0.15) is 6.04 Å². The Hall–Kier alpha value is -1.26. The van der Waals surface area contributed by atoms with Gasteiger partial charge in [0.2, 0.25) is 0 Å². The fourth-order valence-electron chi connectivity index (χ4n) is 2.59. The van der Waals surface area contributed by atoms with Crippen LogP contribution in [0.3, 0.4) is 0 Å². The third-order valence-electron chi connectivity index (χ3n) is 3.62. The molecule has 0 aliphatic heterocycles. The molecule has 0 saturated heterocycles. The first-order valence-corrected chi connectivity index (χ1v) is 7.26. The molecule has 1 saturated carbocycles. The van der Waals surface area contributed by atoms with E-state index in [9.17, 15) is 9.59 Å². The molecule has 0 spiro atoms. The quantitative estimate of drug-likeness (QED) is 0.664. The summed E-state index contributed by atoms with van der Waals surface area (Å²) in [4.78, 5) is 22.6. The van der Waals surface area contributed by atoms with E-state index in [0.717, 1.165) is 12.3 Å². The van der Waals surface area contributed by atoms with Crippen molar-refractivity contribution in [1.29, 1.82) is 0 Å². The van der Waals surface area contributed by atoms with Crippen LogP contribution in [0.5, 0.6) is 0 Å². The van der Waals surface area contributed by atoms with Gasteiger partial charge in [-0.25, -0.2) is 9.59 Å². The number of aliphatic carboxylic acids is 1. The molecule has 0 radical (unpaired) electrons. The summed E-state index contributed by atoms with van der Waals surface area (Å²) in [5.41, 5.74) is 0. The number of hydrogen-bond acceptors (Lipinski definition) is 2. The van der Waals surface area contributed by atoms with Gasteiger partial charge in [-0.3, -0.25) is 0 Å². The van der Waals surface area contributed by atoms with Crippen LogP contribution < -0.4 is 10.6 Å². The number of carbonyl (C=O) groups is 2. The van der Waals surface area contributed by atoms with Gasteiger partial charge in [0.05, 0.1) is 0 Å². The van der Waals surface area contributed by atoms with Crippen molar-refractivity contribution in [2.75, 3.05) is 6.54 Å². The predicted molar refractivity (Wildman–Crippen MR) is 74.0 cm³/mol. The minimum atomic E-state index is -0.973. The number of carboxylic acids is 1. The van der Waals surface area contributed by atoms with Gasteiger partial charge in [0.15, 0.2) is 0 Å². The zero-order valence-corrected chi connectivity index (χ0v) is 11.9. The van der Waals surface area contributed by atoms with Crippen LogP contribution in [0.1, 0.15) is 52.4 Å². The Morgan fingerprint density at radius 1 is 1.26 bits per heavy atom. The topological polar surface area (TPSA) is 78.4 Å². The number of urea groups is 1. The standard InChI is InChI=1S/C14H26N2O3/c1-10(2)9-12(13(17)18)16-14(19)15-8-7-11-5-3-4-6-11/h10-12H,3-9H2,1-2H3,(H,17,18)(H2,15,16,19)/t12-/m0/s1. The van der Waals surface area contributed by atoms with Gasteiger partial charge in [-0.2, -0.15) is 0 Å². The first-order valence-electron chi connectivity index (χ1n) is 7.26. The van der Waals surface area contributed by atoms with E-state index in [1.807, 2.05) is 13.8 Å². The summed E-state index contributed by atoms with van der Waals surface area (Å²) in [7, 11) is 0. The SMILES string of the molecule is CC(C)C[C@H](NC(=O)NCCC1CCCC1)C(=O)O. The largest absolute Gasteiger partial charge is 0.480 e. The van der Waals surface area contributed by atoms with Crippen LogP contribution in [0.4, 0.5) is 4.79 Å². The molecule has 1 rings (SSSR count). The van der Waals surface area contributed by atoms with Crippen LogP contribution in [0.15, 0.2) is 0 Å². The molecule has 0 aromatic carbocycles. The molecular formula is C14H26N2O3. The van der Waals surface area contributed by atoms with E-state index in [4.69, 9.17) is 5.11 Å². The third-order valence-corrected chi connectivity index (χ3v) is 3.62. The Kier molecular flexibility index (Phi) is 6.67. The molecule has 0 aromatic rings. The second kappa shape index (κ2) is 8.02. The lowest BCUT2D eigenvalue weighted by atomic mass is 10.0. The van der Waals surface area contributed by atoms with Gasteiger partial charge in [0, 0.05) is 6.54 Å². The van der Waals surface area contributed by atoms with Crippen molar-refractivity contribution in [2.24, 2.45) is 11.8 Å². The second-order valence-electron chi connectivity index (χ2n) is 5.86. The van der Waals surface area contributed by atoms with E-state index in [-0.39, 0.29) is 11.9 Å². The Morgan fingerprint density at radius 3 is 2.42 bits per heavy atom. The van der Waals surface area contributed by atoms with E-state index >= 15 is 0 Å². The van der Waals surface area contributed by atoms with Gasteiger partial charge < -0.3 is 15.7 Å². The highest BCUT2D eigenvalue weighted by atomic mass is 16.4. The summed E-state index contributed by atoms with van der Waals surface area (Å²) in [6.45, 7) is 4.51. The van der Waals surface area contributed by atoms with Crippen LogP contribution in [0.25, 0.3) is 0 Å². The fourth-order valence-corrected chi connectivity index (χ4v) is 2.59. The normalized spacial score (nSPS) is 17.4. The van der Waals surface area contributed by atoms with Gasteiger partial charge in [-0.05, 0) is 24.7 Å². The maximum absolute atomic E-state index is 11.6. The van der Waals surface area contributed by atoms with Crippen molar-refractivity contribution in [2.45, 2.75) is 58.4 Å². The lowest BCUT2D eigenvalue weighted by Crippen LogP contribution is -2.46. The summed E-state index contributed by atoms with van der Waals surface area (Å²) in [6.07, 6.45) is 6.56. The lowest BCUT2D eigenvalue weighted by Gasteiger charge is -2.17. The number of carboxylic acid groups (broad SMARTS) is 1. The van der Waals surface area contributed by atoms with Crippen molar-refractivity contribution in [3.8, 4) is 0 Å². The molecule has 2 amide bonds. The lowest BCUT2D eigenvalue weighted by molar-refractivity contribution is -0.139. The zero-order valence-electron chi connectivity index (χ0n) is 11.9. The molecule has 0 bridgehead atoms. The highest BCUT2D eigenvalue weighted by Gasteiger charge is 2.21. The van der Waals surface area contributed by atoms with Crippen molar-refractivity contribution in [1.82, 2.24) is 10.6 Å². The second-order valence-corrected chi connectivity index (χ2v) is 5.86. The maximum atomic E-state index is 11.6. The number of amides is 2. The molecule has 5 nitrogen and oxygen atoms in total. The first-order chi connectivity index (χ1) is 8.99. The van der Waals surface area contributed by atoms with Gasteiger partial charge in [0.25, 0.3) is 0 Å². The monoisotopic (exact) mass is 270 g/mol. The van der Waals surface area contributed by atoms with Crippen molar-refractivity contribution < 1.29 is 14.7 Å². The third kappa shape index (κ3) is 6.45. The molecule has 19 heavy (non-hydrogen) atoms. The van der Waals surface area contributed by atoms with Gasteiger partial charge >= 0.3 is 12.0 Å². The Labute approximate surface area is 115 Å². The summed E-state index contributed by atoms with van der Waals surface area (Å²) < 4.78 is 0. The Morgan fingerprint density at radius 2 is 1.89 bits per heavy atom. The number of hydrogen-bond donors (Lipinski definition) is 3. The molecule has 110 valence electrons. The average molecular weight is 270 g/mol. The molecule has 1 atom stereocenters. The maximum Gasteiger partial charge on any atom is 0.326 e. The summed E-state index contributed by atoms with van der Waals surface area (Å²) in [5.74, 6) is -0.00855. The number of rotatable bonds is 7. The Bertz CT molecular complexity index is 299. The molecule has 0 heterocycles. The average Bonchev–Trinajstić information content (AvgIpc) is 2.80. The zero-order chi connectivity index (χ0) is 14.3. The molecule has 1 aliphatic carbocycles. The molecule has 0 unspecified atom stereocenters. The molecular weight excluding hydrogens is 244 g/mol. The molecule has 1 fully saturated rings. The molecule has 1 aliphatic rings. The van der Waals surface area contributed by atoms with Gasteiger partial charge in [-0.1, -0.05) is 39.5 Å². The molecule has 0 aromatic heterocycles. The van der Waals surface area contributed by atoms with E-state index in [1.165, 1.54) is 25.7 Å². The summed E-state index contributed by atoms with van der Waals surface area (Å²) in [5, 5.41) is 14.3. The summed E-state index contributed by atoms with van der Waals surface area (Å²) in [6, 6.07) is -1.17. The van der Waals surface area contributed by atoms with E-state index < -0.39 is 12.0 Å². The predicted octanol–water partition coefficient (Wildman–Crippen LogP) is 2.37. The van der Waals surface area contributed by atoms with Crippen molar-refractivity contribution >= 4 is 12.0 Å². The van der Waals surface area contributed by atoms with Crippen LogP contribution in [-0.2, 0) is 4.79 Å². The number of nitrogens with one attached hydrogen (secondary N) is 2. The van der Waals surface area contributed by atoms with Crippen LogP contribution in [-0.4, -0.2) is 29.7 Å². The van der Waals surface area contributed by atoms with E-state index in [1.54, 1.807) is 0 Å². The first kappa shape index (κ1) is 15.8. The van der Waals surface area contributed by atoms with E-state index in [0.29, 0.717) is 13.0 Å². The highest BCUT2D eigenvalue weighted by Crippen LogP contribution is 2.26. The van der Waals surface area contributed by atoms with Crippen LogP contribution in [0, 0.1) is 11.8 Å². The fraction of sp³-hybridized carbons (Fsp3) is 0.857. The number of carbonyl (C=O) groups excluding carboxylic acids is 1. The van der Waals surface area contributed by atoms with E-state index in [2.05, 4.69) is 10.6 Å². The van der Waals surface area contributed by atoms with Crippen molar-refractivity contribution in [3.63, 3.8) is 0 Å². The van der Waals surface area contributed by atoms with Gasteiger partial charge in [-0.15, -0.1) is 0 Å². The highest BCUT2D eigenvalue weighted by molar-refractivity contribution is 5.82. The Balaban J connectivity index is 2.21. The minimum absolute atomic E-state index is 0.236. The molecule has 5 heteroatoms. The van der Waals surface area contributed by atoms with Crippen LogP contribution in [0.2, 0.25) is 0 Å². The smallest absolute Gasteiger partial charge is 0.326 e.